The average molecular weight is 206 g/mol. The van der Waals surface area contributed by atoms with E-state index in [1.165, 1.54) is 0 Å². The molecule has 0 aliphatic carbocycles. The van der Waals surface area contributed by atoms with Gasteiger partial charge in [0.15, 0.2) is 6.29 Å². The first kappa shape index (κ1) is 11.9. The van der Waals surface area contributed by atoms with Gasteiger partial charge in [-0.3, -0.25) is 0 Å². The fraction of sp³-hybridized carbons (Fsp3) is 1.00. The second-order valence-electron chi connectivity index (χ2n) is 3.43. The van der Waals surface area contributed by atoms with Gasteiger partial charge in [0.2, 0.25) is 0 Å². The van der Waals surface area contributed by atoms with E-state index >= 15 is 0 Å². The van der Waals surface area contributed by atoms with E-state index in [1.807, 2.05) is 6.92 Å². The van der Waals surface area contributed by atoms with Crippen LogP contribution in [0.15, 0.2) is 0 Å². The van der Waals surface area contributed by atoms with Gasteiger partial charge in [-0.05, 0) is 6.42 Å². The molecule has 4 atom stereocenters. The molecule has 0 bridgehead atoms. The van der Waals surface area contributed by atoms with E-state index in [9.17, 15) is 5.11 Å². The molecule has 0 radical (unpaired) electrons. The molecule has 3 N–H and O–H groups in total. The molecule has 0 aromatic carbocycles. The van der Waals surface area contributed by atoms with Crippen LogP contribution in [0.5, 0.6) is 0 Å². The Hall–Kier alpha value is -0.200. The van der Waals surface area contributed by atoms with Crippen molar-refractivity contribution >= 4 is 0 Å². The first-order valence-electron chi connectivity index (χ1n) is 4.94. The summed E-state index contributed by atoms with van der Waals surface area (Å²) in [6.07, 6.45) is -1.69. The normalized spacial score (nSPS) is 37.7. The van der Waals surface area contributed by atoms with Gasteiger partial charge < -0.3 is 24.8 Å². The monoisotopic (exact) mass is 206 g/mol. The van der Waals surface area contributed by atoms with Gasteiger partial charge in [0.25, 0.3) is 0 Å². The Balaban J connectivity index is 2.38. The zero-order chi connectivity index (χ0) is 10.6. The van der Waals surface area contributed by atoms with Crippen molar-refractivity contribution in [2.75, 3.05) is 13.2 Å². The molecule has 1 aliphatic rings. The molecule has 1 saturated heterocycles. The van der Waals surface area contributed by atoms with E-state index in [2.05, 4.69) is 0 Å². The van der Waals surface area contributed by atoms with Crippen LogP contribution >= 0.6 is 0 Å². The second kappa shape index (κ2) is 5.63. The molecule has 1 fully saturated rings. The highest BCUT2D eigenvalue weighted by atomic mass is 16.7. The van der Waals surface area contributed by atoms with Crippen molar-refractivity contribution in [1.82, 2.24) is 0 Å². The fourth-order valence-electron chi connectivity index (χ4n) is 1.44. The number of aliphatic hydroxyl groups is 3. The van der Waals surface area contributed by atoms with E-state index in [-0.39, 0.29) is 6.61 Å². The Morgan fingerprint density at radius 2 is 2.07 bits per heavy atom. The van der Waals surface area contributed by atoms with E-state index in [4.69, 9.17) is 19.7 Å². The summed E-state index contributed by atoms with van der Waals surface area (Å²) in [5.74, 6) is 0. The maximum absolute atomic E-state index is 9.45. The van der Waals surface area contributed by atoms with Crippen LogP contribution in [0, 0.1) is 0 Å². The maximum atomic E-state index is 9.45. The quantitative estimate of drug-likeness (QED) is 0.515. The summed E-state index contributed by atoms with van der Waals surface area (Å²) < 4.78 is 10.2. The van der Waals surface area contributed by atoms with Crippen molar-refractivity contribution in [2.45, 2.75) is 44.4 Å². The third kappa shape index (κ3) is 2.65. The van der Waals surface area contributed by atoms with Gasteiger partial charge in [-0.15, -0.1) is 0 Å². The van der Waals surface area contributed by atoms with Crippen LogP contribution in [0.2, 0.25) is 0 Å². The average Bonchev–Trinajstić information content (AvgIpc) is 2.45. The topological polar surface area (TPSA) is 79.2 Å². The van der Waals surface area contributed by atoms with Crippen LogP contribution in [-0.2, 0) is 9.47 Å². The van der Waals surface area contributed by atoms with Crippen molar-refractivity contribution in [2.24, 2.45) is 0 Å². The maximum Gasteiger partial charge on any atom is 0.184 e. The number of aliphatic hydroxyl groups excluding tert-OH is 3. The summed E-state index contributed by atoms with van der Waals surface area (Å²) >= 11 is 0. The van der Waals surface area contributed by atoms with Crippen LogP contribution < -0.4 is 0 Å². The number of ether oxygens (including phenoxy) is 2. The Morgan fingerprint density at radius 3 is 2.64 bits per heavy atom. The third-order valence-corrected chi connectivity index (χ3v) is 2.30. The van der Waals surface area contributed by atoms with Gasteiger partial charge in [-0.1, -0.05) is 13.3 Å². The molecule has 0 aromatic rings. The van der Waals surface area contributed by atoms with Gasteiger partial charge in [0.05, 0.1) is 6.61 Å². The first-order valence-corrected chi connectivity index (χ1v) is 4.94. The molecule has 0 saturated carbocycles. The Bertz CT molecular complexity index is 163. The minimum atomic E-state index is -1.25. The fourth-order valence-corrected chi connectivity index (χ4v) is 1.44. The lowest BCUT2D eigenvalue weighted by molar-refractivity contribution is -0.132. The summed E-state index contributed by atoms with van der Waals surface area (Å²) in [4.78, 5) is 0. The molecule has 1 rings (SSSR count). The van der Waals surface area contributed by atoms with Gasteiger partial charge in [-0.2, -0.15) is 0 Å². The first-order chi connectivity index (χ1) is 6.70. The molecular weight excluding hydrogens is 188 g/mol. The molecule has 5 heteroatoms. The molecule has 84 valence electrons. The Labute approximate surface area is 83.3 Å². The lowest BCUT2D eigenvalue weighted by atomic mass is 10.1. The summed E-state index contributed by atoms with van der Waals surface area (Å²) in [6.45, 7) is 2.28. The highest BCUT2D eigenvalue weighted by Gasteiger charge is 2.43. The smallest absolute Gasteiger partial charge is 0.184 e. The lowest BCUT2D eigenvalue weighted by Gasteiger charge is -2.18. The molecule has 5 nitrogen and oxygen atoms in total. The molecule has 0 spiro atoms. The summed E-state index contributed by atoms with van der Waals surface area (Å²) in [5.41, 5.74) is 0. The van der Waals surface area contributed by atoms with E-state index < -0.39 is 24.6 Å². The van der Waals surface area contributed by atoms with Crippen molar-refractivity contribution in [3.63, 3.8) is 0 Å². The zero-order valence-corrected chi connectivity index (χ0v) is 8.30. The number of unbranched alkanes of at least 4 members (excludes halogenated alkanes) is 1. The predicted molar refractivity (Wildman–Crippen MR) is 48.6 cm³/mol. The van der Waals surface area contributed by atoms with Crippen LogP contribution in [0.1, 0.15) is 19.8 Å². The minimum Gasteiger partial charge on any atom is -0.394 e. The highest BCUT2D eigenvalue weighted by molar-refractivity contribution is 4.86. The van der Waals surface area contributed by atoms with Crippen molar-refractivity contribution in [1.29, 1.82) is 0 Å². The summed E-state index contributed by atoms with van der Waals surface area (Å²) in [7, 11) is 0. The molecule has 1 aliphatic heterocycles. The zero-order valence-electron chi connectivity index (χ0n) is 8.30. The van der Waals surface area contributed by atoms with Crippen molar-refractivity contribution < 1.29 is 24.8 Å². The van der Waals surface area contributed by atoms with Crippen LogP contribution in [-0.4, -0.2) is 53.1 Å². The number of hydrogen-bond acceptors (Lipinski definition) is 5. The molecular formula is C9H18O5. The van der Waals surface area contributed by atoms with E-state index in [0.717, 1.165) is 12.8 Å². The standard InChI is InChI=1S/C9H18O5/c1-2-3-4-13-8-6(5-10)14-9(12)7(8)11/h6-12H,2-5H2,1H3/t6-,7?,8-,9-/m1/s1. The third-order valence-electron chi connectivity index (χ3n) is 2.30. The van der Waals surface area contributed by atoms with Gasteiger partial charge in [0, 0.05) is 6.61 Å². The van der Waals surface area contributed by atoms with Crippen molar-refractivity contribution in [3.05, 3.63) is 0 Å². The van der Waals surface area contributed by atoms with Crippen LogP contribution in [0.3, 0.4) is 0 Å². The van der Waals surface area contributed by atoms with E-state index in [0.29, 0.717) is 6.61 Å². The largest absolute Gasteiger partial charge is 0.394 e. The molecule has 1 heterocycles. The second-order valence-corrected chi connectivity index (χ2v) is 3.43. The van der Waals surface area contributed by atoms with Crippen LogP contribution in [0.4, 0.5) is 0 Å². The lowest BCUT2D eigenvalue weighted by Crippen LogP contribution is -2.36. The molecule has 0 amide bonds. The molecule has 0 aromatic heterocycles. The van der Waals surface area contributed by atoms with Crippen LogP contribution in [0.25, 0.3) is 0 Å². The SMILES string of the molecule is CCCCO[C@H]1C(O)[C@H](O)O[C@@H]1CO. The highest BCUT2D eigenvalue weighted by Crippen LogP contribution is 2.22. The van der Waals surface area contributed by atoms with Gasteiger partial charge in [0.1, 0.15) is 18.3 Å². The Kier molecular flexibility index (Phi) is 4.77. The summed E-state index contributed by atoms with van der Waals surface area (Å²) in [6, 6.07) is 0. The molecule has 14 heavy (non-hydrogen) atoms. The van der Waals surface area contributed by atoms with E-state index in [1.54, 1.807) is 0 Å². The van der Waals surface area contributed by atoms with Crippen molar-refractivity contribution in [3.8, 4) is 0 Å². The predicted octanol–water partition coefficient (Wildman–Crippen LogP) is -0.758. The summed E-state index contributed by atoms with van der Waals surface area (Å²) in [5, 5.41) is 27.5. The van der Waals surface area contributed by atoms with Gasteiger partial charge in [-0.25, -0.2) is 0 Å². The van der Waals surface area contributed by atoms with Gasteiger partial charge >= 0.3 is 0 Å². The Morgan fingerprint density at radius 1 is 1.36 bits per heavy atom. The number of rotatable bonds is 5. The molecule has 1 unspecified atom stereocenters. The minimum absolute atomic E-state index is 0.259. The number of hydrogen-bond donors (Lipinski definition) is 3.